The normalized spacial score (nSPS) is 12.3. The van der Waals surface area contributed by atoms with Crippen LogP contribution in [0.5, 0.6) is 0 Å². The van der Waals surface area contributed by atoms with Crippen molar-refractivity contribution in [2.45, 2.75) is 129 Å². The molecule has 0 aliphatic rings. The first-order valence-corrected chi connectivity index (χ1v) is 11.8. The molecule has 0 aromatic rings. The first-order valence-electron chi connectivity index (χ1n) is 11.8. The molecule has 0 fully saturated rings. The molecule has 0 radical (unpaired) electrons. The summed E-state index contributed by atoms with van der Waals surface area (Å²) in [5, 5.41) is 0. The van der Waals surface area contributed by atoms with E-state index in [1.807, 2.05) is 14.1 Å². The Labute approximate surface area is 165 Å². The molecule has 0 aliphatic heterocycles. The van der Waals surface area contributed by atoms with Gasteiger partial charge in [0.2, 0.25) is 5.91 Å². The molecule has 1 atom stereocenters. The van der Waals surface area contributed by atoms with Gasteiger partial charge in [-0.25, -0.2) is 0 Å². The van der Waals surface area contributed by atoms with Gasteiger partial charge in [-0.15, -0.1) is 0 Å². The molecular formula is C24H49NO. The highest BCUT2D eigenvalue weighted by Gasteiger charge is 2.14. The summed E-state index contributed by atoms with van der Waals surface area (Å²) in [6, 6.07) is 0. The molecule has 1 unspecified atom stereocenters. The standard InChI is InChI=1S/C24H49NO/c1-5-7-9-11-13-15-17-19-21-23(22-24(26)25(3)4)20-18-16-14-12-10-8-6-2/h23H,5-22H2,1-4H3. The van der Waals surface area contributed by atoms with Crippen LogP contribution in [0.3, 0.4) is 0 Å². The molecule has 0 spiro atoms. The van der Waals surface area contributed by atoms with Gasteiger partial charge in [-0.3, -0.25) is 4.79 Å². The molecule has 0 N–H and O–H groups in total. The molecule has 156 valence electrons. The van der Waals surface area contributed by atoms with E-state index < -0.39 is 0 Å². The monoisotopic (exact) mass is 367 g/mol. The average molecular weight is 368 g/mol. The molecule has 2 nitrogen and oxygen atoms in total. The summed E-state index contributed by atoms with van der Waals surface area (Å²) in [5.41, 5.74) is 0. The molecule has 0 rings (SSSR count). The maximum Gasteiger partial charge on any atom is 0.222 e. The quantitative estimate of drug-likeness (QED) is 0.214. The van der Waals surface area contributed by atoms with E-state index in [2.05, 4.69) is 13.8 Å². The number of amides is 1. The fourth-order valence-corrected chi connectivity index (χ4v) is 3.74. The lowest BCUT2D eigenvalue weighted by atomic mass is 9.91. The van der Waals surface area contributed by atoms with Crippen molar-refractivity contribution < 1.29 is 4.79 Å². The van der Waals surface area contributed by atoms with Crippen LogP contribution in [-0.4, -0.2) is 24.9 Å². The van der Waals surface area contributed by atoms with Crippen molar-refractivity contribution in [1.29, 1.82) is 0 Å². The first-order chi connectivity index (χ1) is 12.6. The van der Waals surface area contributed by atoms with Crippen molar-refractivity contribution in [3.63, 3.8) is 0 Å². The highest BCUT2D eigenvalue weighted by atomic mass is 16.2. The molecule has 0 heterocycles. The fraction of sp³-hybridized carbons (Fsp3) is 0.958. The molecular weight excluding hydrogens is 318 g/mol. The maximum absolute atomic E-state index is 12.1. The van der Waals surface area contributed by atoms with Gasteiger partial charge in [-0.05, 0) is 18.8 Å². The van der Waals surface area contributed by atoms with E-state index in [4.69, 9.17) is 0 Å². The highest BCUT2D eigenvalue weighted by Crippen LogP contribution is 2.23. The van der Waals surface area contributed by atoms with E-state index in [9.17, 15) is 4.79 Å². The minimum absolute atomic E-state index is 0.317. The van der Waals surface area contributed by atoms with Crippen LogP contribution in [0.4, 0.5) is 0 Å². The summed E-state index contributed by atoms with van der Waals surface area (Å²) in [5.74, 6) is 0.929. The first kappa shape index (κ1) is 25.5. The Balaban J connectivity index is 3.87. The van der Waals surface area contributed by atoms with E-state index in [-0.39, 0.29) is 0 Å². The van der Waals surface area contributed by atoms with Crippen molar-refractivity contribution >= 4 is 5.91 Å². The molecule has 0 saturated heterocycles. The molecule has 0 saturated carbocycles. The summed E-state index contributed by atoms with van der Waals surface area (Å²) in [6.45, 7) is 4.55. The zero-order valence-corrected chi connectivity index (χ0v) is 18.7. The van der Waals surface area contributed by atoms with Gasteiger partial charge in [0.25, 0.3) is 0 Å². The van der Waals surface area contributed by atoms with E-state index in [0.717, 1.165) is 6.42 Å². The smallest absolute Gasteiger partial charge is 0.222 e. The molecule has 0 bridgehead atoms. The summed E-state index contributed by atoms with van der Waals surface area (Å²) >= 11 is 0. The van der Waals surface area contributed by atoms with Crippen molar-refractivity contribution in [1.82, 2.24) is 4.90 Å². The Hall–Kier alpha value is -0.530. The SMILES string of the molecule is CCCCCCCCCCC(CCCCCCCCC)CC(=O)N(C)C. The van der Waals surface area contributed by atoms with Crippen LogP contribution in [0.15, 0.2) is 0 Å². The van der Waals surface area contributed by atoms with E-state index in [1.54, 1.807) is 4.90 Å². The highest BCUT2D eigenvalue weighted by molar-refractivity contribution is 5.75. The Kier molecular flexibility index (Phi) is 18.8. The van der Waals surface area contributed by atoms with Crippen LogP contribution in [-0.2, 0) is 4.79 Å². The second-order valence-electron chi connectivity index (χ2n) is 8.53. The van der Waals surface area contributed by atoms with E-state index in [1.165, 1.54) is 109 Å². The number of nitrogens with zero attached hydrogens (tertiary/aromatic N) is 1. The number of carbonyl (C=O) groups is 1. The molecule has 1 amide bonds. The lowest BCUT2D eigenvalue weighted by molar-refractivity contribution is -0.129. The van der Waals surface area contributed by atoms with Gasteiger partial charge in [0.15, 0.2) is 0 Å². The third kappa shape index (κ3) is 16.9. The predicted octanol–water partition coefficient (Wildman–Crippen LogP) is 7.75. The summed E-state index contributed by atoms with van der Waals surface area (Å²) in [7, 11) is 3.78. The zero-order valence-electron chi connectivity index (χ0n) is 18.7. The number of unbranched alkanes of at least 4 members (excludes halogenated alkanes) is 13. The zero-order chi connectivity index (χ0) is 19.5. The Morgan fingerprint density at radius 3 is 1.31 bits per heavy atom. The largest absolute Gasteiger partial charge is 0.349 e. The summed E-state index contributed by atoms with van der Waals surface area (Å²) < 4.78 is 0. The second kappa shape index (κ2) is 19.2. The van der Waals surface area contributed by atoms with Crippen molar-refractivity contribution in [2.75, 3.05) is 14.1 Å². The van der Waals surface area contributed by atoms with E-state index in [0.29, 0.717) is 11.8 Å². The van der Waals surface area contributed by atoms with Crippen molar-refractivity contribution in [2.24, 2.45) is 5.92 Å². The second-order valence-corrected chi connectivity index (χ2v) is 8.53. The number of hydrogen-bond donors (Lipinski definition) is 0. The topological polar surface area (TPSA) is 20.3 Å². The van der Waals surface area contributed by atoms with Gasteiger partial charge >= 0.3 is 0 Å². The number of hydrogen-bond acceptors (Lipinski definition) is 1. The predicted molar refractivity (Wildman–Crippen MR) is 117 cm³/mol. The van der Waals surface area contributed by atoms with Crippen LogP contribution in [0.2, 0.25) is 0 Å². The lowest BCUT2D eigenvalue weighted by Crippen LogP contribution is -2.24. The van der Waals surface area contributed by atoms with Gasteiger partial charge in [0.05, 0.1) is 0 Å². The van der Waals surface area contributed by atoms with E-state index >= 15 is 0 Å². The molecule has 0 aromatic heterocycles. The third-order valence-corrected chi connectivity index (χ3v) is 5.64. The van der Waals surface area contributed by atoms with Crippen LogP contribution in [0.25, 0.3) is 0 Å². The minimum Gasteiger partial charge on any atom is -0.349 e. The van der Waals surface area contributed by atoms with Gasteiger partial charge < -0.3 is 4.90 Å². The molecule has 2 heteroatoms. The van der Waals surface area contributed by atoms with Crippen LogP contribution >= 0.6 is 0 Å². The number of carbonyl (C=O) groups excluding carboxylic acids is 1. The fourth-order valence-electron chi connectivity index (χ4n) is 3.74. The summed E-state index contributed by atoms with van der Waals surface area (Å²) in [4.78, 5) is 13.9. The van der Waals surface area contributed by atoms with Gasteiger partial charge in [0.1, 0.15) is 0 Å². The Morgan fingerprint density at radius 1 is 0.615 bits per heavy atom. The average Bonchev–Trinajstić information content (AvgIpc) is 2.62. The maximum atomic E-state index is 12.1. The molecule has 0 aliphatic carbocycles. The van der Waals surface area contributed by atoms with Crippen molar-refractivity contribution in [3.05, 3.63) is 0 Å². The lowest BCUT2D eigenvalue weighted by Gasteiger charge is -2.19. The van der Waals surface area contributed by atoms with Crippen LogP contribution < -0.4 is 0 Å². The molecule has 26 heavy (non-hydrogen) atoms. The molecule has 0 aromatic carbocycles. The third-order valence-electron chi connectivity index (χ3n) is 5.64. The van der Waals surface area contributed by atoms with Crippen molar-refractivity contribution in [3.8, 4) is 0 Å². The Morgan fingerprint density at radius 2 is 0.962 bits per heavy atom. The van der Waals surface area contributed by atoms with Gasteiger partial charge in [0, 0.05) is 20.5 Å². The Bertz CT molecular complexity index is 301. The summed E-state index contributed by atoms with van der Waals surface area (Å²) in [6.07, 6.45) is 23.8. The minimum atomic E-state index is 0.317. The number of rotatable bonds is 19. The van der Waals surface area contributed by atoms with Crippen LogP contribution in [0, 0.1) is 5.92 Å². The van der Waals surface area contributed by atoms with Gasteiger partial charge in [-0.1, -0.05) is 110 Å². The van der Waals surface area contributed by atoms with Crippen LogP contribution in [0.1, 0.15) is 129 Å². The van der Waals surface area contributed by atoms with Gasteiger partial charge in [-0.2, -0.15) is 0 Å².